The van der Waals surface area contributed by atoms with Crippen LogP contribution in [0.4, 0.5) is 0 Å². The molecule has 1 aliphatic carbocycles. The molecule has 156 valence electrons. The van der Waals surface area contributed by atoms with Gasteiger partial charge in [-0.25, -0.2) is 4.79 Å². The first kappa shape index (κ1) is 21.0. The number of imide groups is 1. The summed E-state index contributed by atoms with van der Waals surface area (Å²) in [7, 11) is 1.53. The number of ether oxygens (including phenoxy) is 2. The number of nitrogens with one attached hydrogen (secondary N) is 1. The normalized spacial score (nSPS) is 17.8. The van der Waals surface area contributed by atoms with Crippen molar-refractivity contribution < 1.29 is 28.7 Å². The minimum Gasteiger partial charge on any atom is -0.452 e. The van der Waals surface area contributed by atoms with E-state index in [1.54, 1.807) is 6.92 Å². The Bertz CT molecular complexity index is 815. The highest BCUT2D eigenvalue weighted by molar-refractivity contribution is 6.22. The van der Waals surface area contributed by atoms with Crippen molar-refractivity contribution in [2.24, 2.45) is 0 Å². The maximum Gasteiger partial charge on any atom is 0.338 e. The Morgan fingerprint density at radius 1 is 1.14 bits per heavy atom. The van der Waals surface area contributed by atoms with Crippen molar-refractivity contribution in [2.75, 3.05) is 20.3 Å². The molecule has 0 bridgehead atoms. The van der Waals surface area contributed by atoms with Gasteiger partial charge in [0.2, 0.25) is 0 Å². The summed E-state index contributed by atoms with van der Waals surface area (Å²) in [5, 5.41) is 2.64. The molecule has 1 saturated carbocycles. The van der Waals surface area contributed by atoms with Gasteiger partial charge in [0.15, 0.2) is 6.61 Å². The Kier molecular flexibility index (Phi) is 6.64. The van der Waals surface area contributed by atoms with Crippen LogP contribution in [-0.4, -0.2) is 61.0 Å². The standard InChI is InChI=1S/C21H26N2O6/c1-13(11-28-2)22-18(24)12-29-21(27)14-8-9-16-17(10-14)20(26)23(19(16)25)15-6-4-3-5-7-15/h8-10,13,15H,3-7,11-12H2,1-2H3,(H,22,24)/t13-/m1/s1. The van der Waals surface area contributed by atoms with Gasteiger partial charge in [0.05, 0.1) is 23.3 Å². The number of carbonyl (C=O) groups is 4. The zero-order valence-electron chi connectivity index (χ0n) is 16.7. The first-order chi connectivity index (χ1) is 13.9. The molecule has 0 unspecified atom stereocenters. The molecule has 1 aromatic rings. The fraction of sp³-hybridized carbons (Fsp3) is 0.524. The van der Waals surface area contributed by atoms with Crippen LogP contribution in [0.5, 0.6) is 0 Å². The predicted molar refractivity (Wildman–Crippen MR) is 104 cm³/mol. The van der Waals surface area contributed by atoms with Crippen molar-refractivity contribution in [3.8, 4) is 0 Å². The van der Waals surface area contributed by atoms with Gasteiger partial charge in [0, 0.05) is 19.2 Å². The summed E-state index contributed by atoms with van der Waals surface area (Å²) in [5.74, 6) is -1.83. The van der Waals surface area contributed by atoms with Gasteiger partial charge in [-0.2, -0.15) is 0 Å². The quantitative estimate of drug-likeness (QED) is 0.552. The molecule has 0 saturated heterocycles. The Morgan fingerprint density at radius 3 is 2.52 bits per heavy atom. The molecule has 1 aliphatic heterocycles. The number of nitrogens with zero attached hydrogens (tertiary/aromatic N) is 1. The molecule has 1 N–H and O–H groups in total. The monoisotopic (exact) mass is 402 g/mol. The number of fused-ring (bicyclic) bond motifs is 1. The van der Waals surface area contributed by atoms with Gasteiger partial charge in [-0.1, -0.05) is 19.3 Å². The second-order valence-corrected chi connectivity index (χ2v) is 7.53. The van der Waals surface area contributed by atoms with Crippen LogP contribution in [0.1, 0.15) is 70.1 Å². The fourth-order valence-electron chi connectivity index (χ4n) is 3.88. The predicted octanol–water partition coefficient (Wildman–Crippen LogP) is 1.92. The molecule has 3 amide bonds. The summed E-state index contributed by atoms with van der Waals surface area (Å²) in [6.07, 6.45) is 4.75. The molecule has 0 radical (unpaired) electrons. The van der Waals surface area contributed by atoms with Crippen molar-refractivity contribution in [2.45, 2.75) is 51.1 Å². The molecule has 8 nitrogen and oxygen atoms in total. The minimum atomic E-state index is -0.723. The number of methoxy groups -OCH3 is 1. The number of rotatable bonds is 7. The summed E-state index contributed by atoms with van der Waals surface area (Å²) in [5.41, 5.74) is 0.657. The first-order valence-electron chi connectivity index (χ1n) is 9.89. The van der Waals surface area contributed by atoms with Crippen LogP contribution in [-0.2, 0) is 14.3 Å². The number of esters is 1. The van der Waals surface area contributed by atoms with Gasteiger partial charge in [-0.05, 0) is 38.0 Å². The molecule has 0 aromatic heterocycles. The van der Waals surface area contributed by atoms with E-state index in [0.29, 0.717) is 12.2 Å². The Balaban J connectivity index is 1.64. The smallest absolute Gasteiger partial charge is 0.338 e. The Hall–Kier alpha value is -2.74. The van der Waals surface area contributed by atoms with Crippen molar-refractivity contribution in [3.63, 3.8) is 0 Å². The van der Waals surface area contributed by atoms with E-state index in [2.05, 4.69) is 5.32 Å². The largest absolute Gasteiger partial charge is 0.452 e. The third-order valence-corrected chi connectivity index (χ3v) is 5.25. The van der Waals surface area contributed by atoms with E-state index in [0.717, 1.165) is 32.1 Å². The van der Waals surface area contributed by atoms with Crippen LogP contribution < -0.4 is 5.32 Å². The lowest BCUT2D eigenvalue weighted by Gasteiger charge is -2.29. The van der Waals surface area contributed by atoms with Crippen molar-refractivity contribution in [3.05, 3.63) is 34.9 Å². The lowest BCUT2D eigenvalue weighted by atomic mass is 9.94. The third-order valence-electron chi connectivity index (χ3n) is 5.25. The second kappa shape index (κ2) is 9.17. The van der Waals surface area contributed by atoms with Crippen LogP contribution in [0.3, 0.4) is 0 Å². The lowest BCUT2D eigenvalue weighted by molar-refractivity contribution is -0.125. The molecule has 0 spiro atoms. The van der Waals surface area contributed by atoms with Crippen molar-refractivity contribution in [1.29, 1.82) is 0 Å². The van der Waals surface area contributed by atoms with E-state index < -0.39 is 18.5 Å². The average Bonchev–Trinajstić information content (AvgIpc) is 2.96. The molecule has 1 fully saturated rings. The van der Waals surface area contributed by atoms with E-state index in [-0.39, 0.29) is 35.0 Å². The molecule has 8 heteroatoms. The molecule has 1 atom stereocenters. The fourth-order valence-corrected chi connectivity index (χ4v) is 3.88. The zero-order chi connectivity index (χ0) is 21.0. The maximum atomic E-state index is 12.8. The van der Waals surface area contributed by atoms with Gasteiger partial charge in [0.25, 0.3) is 17.7 Å². The van der Waals surface area contributed by atoms with Gasteiger partial charge in [-0.15, -0.1) is 0 Å². The van der Waals surface area contributed by atoms with Crippen LogP contribution >= 0.6 is 0 Å². The van der Waals surface area contributed by atoms with Crippen LogP contribution in [0, 0.1) is 0 Å². The van der Waals surface area contributed by atoms with Crippen LogP contribution in [0.25, 0.3) is 0 Å². The Morgan fingerprint density at radius 2 is 1.83 bits per heavy atom. The Labute approximate surface area is 169 Å². The van der Waals surface area contributed by atoms with Gasteiger partial charge in [-0.3, -0.25) is 19.3 Å². The minimum absolute atomic E-state index is 0.0793. The molecule has 29 heavy (non-hydrogen) atoms. The number of hydrogen-bond acceptors (Lipinski definition) is 6. The highest BCUT2D eigenvalue weighted by atomic mass is 16.5. The van der Waals surface area contributed by atoms with Crippen LogP contribution in [0.15, 0.2) is 18.2 Å². The van der Waals surface area contributed by atoms with E-state index in [1.807, 2.05) is 0 Å². The zero-order valence-corrected chi connectivity index (χ0v) is 16.7. The number of hydrogen-bond donors (Lipinski definition) is 1. The SMILES string of the molecule is COC[C@@H](C)NC(=O)COC(=O)c1ccc2c(c1)C(=O)N(C1CCCCC1)C2=O. The third kappa shape index (κ3) is 4.64. The van der Waals surface area contributed by atoms with Crippen LogP contribution in [0.2, 0.25) is 0 Å². The maximum absolute atomic E-state index is 12.8. The highest BCUT2D eigenvalue weighted by Gasteiger charge is 2.40. The number of carbonyl (C=O) groups excluding carboxylic acids is 4. The van der Waals surface area contributed by atoms with E-state index in [1.165, 1.54) is 30.2 Å². The van der Waals surface area contributed by atoms with E-state index >= 15 is 0 Å². The number of amides is 3. The molecular formula is C21H26N2O6. The topological polar surface area (TPSA) is 102 Å². The van der Waals surface area contributed by atoms with E-state index in [9.17, 15) is 19.2 Å². The summed E-state index contributed by atoms with van der Waals surface area (Å²) >= 11 is 0. The van der Waals surface area contributed by atoms with Gasteiger partial charge < -0.3 is 14.8 Å². The first-order valence-corrected chi connectivity index (χ1v) is 9.89. The highest BCUT2D eigenvalue weighted by Crippen LogP contribution is 2.31. The molecule has 2 aliphatic rings. The summed E-state index contributed by atoms with van der Waals surface area (Å²) in [6, 6.07) is 4.02. The molecule has 1 aromatic carbocycles. The second-order valence-electron chi connectivity index (χ2n) is 7.53. The molecule has 3 rings (SSSR count). The average molecular weight is 402 g/mol. The van der Waals surface area contributed by atoms with E-state index in [4.69, 9.17) is 9.47 Å². The van der Waals surface area contributed by atoms with Crippen molar-refractivity contribution in [1.82, 2.24) is 10.2 Å². The summed E-state index contributed by atoms with van der Waals surface area (Å²) in [4.78, 5) is 50.9. The molecule has 1 heterocycles. The van der Waals surface area contributed by atoms with Crippen molar-refractivity contribution >= 4 is 23.7 Å². The summed E-state index contributed by atoms with van der Waals surface area (Å²) in [6.45, 7) is 1.67. The molecular weight excluding hydrogens is 376 g/mol. The lowest BCUT2D eigenvalue weighted by Crippen LogP contribution is -2.40. The van der Waals surface area contributed by atoms with Gasteiger partial charge >= 0.3 is 5.97 Å². The number of benzene rings is 1. The summed E-state index contributed by atoms with van der Waals surface area (Å²) < 4.78 is 9.96. The van der Waals surface area contributed by atoms with Gasteiger partial charge in [0.1, 0.15) is 0 Å².